The molecule has 1 N–H and O–H groups in total. The lowest BCUT2D eigenvalue weighted by molar-refractivity contribution is -0.115. The van der Waals surface area contributed by atoms with Gasteiger partial charge in [0.2, 0.25) is 17.6 Å². The molecule has 2 aromatic carbocycles. The van der Waals surface area contributed by atoms with E-state index in [1.54, 1.807) is 54.9 Å². The van der Waals surface area contributed by atoms with Crippen LogP contribution < -0.4 is 5.32 Å². The van der Waals surface area contributed by atoms with Crippen LogP contribution in [0.2, 0.25) is 0 Å². The number of nitrogens with zero attached hydrogens (tertiary/aromatic N) is 3. The van der Waals surface area contributed by atoms with Crippen LogP contribution in [0.3, 0.4) is 0 Å². The number of carbonyl (C=O) groups is 1. The number of pyridine rings is 1. The number of para-hydroxylation sites is 1. The Balaban J connectivity index is 1.41. The van der Waals surface area contributed by atoms with Gasteiger partial charge in [-0.2, -0.15) is 4.98 Å². The van der Waals surface area contributed by atoms with E-state index in [1.807, 2.05) is 12.1 Å². The van der Waals surface area contributed by atoms with Crippen molar-refractivity contribution in [2.75, 3.05) is 11.1 Å². The van der Waals surface area contributed by atoms with Gasteiger partial charge in [-0.3, -0.25) is 9.78 Å². The van der Waals surface area contributed by atoms with Crippen molar-refractivity contribution >= 4 is 21.4 Å². The highest BCUT2D eigenvalue weighted by Gasteiger charge is 2.17. The fourth-order valence-electron chi connectivity index (χ4n) is 3.09. The van der Waals surface area contributed by atoms with E-state index in [2.05, 4.69) is 20.4 Å². The second-order valence-corrected chi connectivity index (χ2v) is 9.12. The van der Waals surface area contributed by atoms with Gasteiger partial charge in [-0.25, -0.2) is 8.42 Å². The molecule has 0 bridgehead atoms. The summed E-state index contributed by atoms with van der Waals surface area (Å²) in [4.78, 5) is 21.0. The second-order valence-electron chi connectivity index (χ2n) is 7.01. The number of anilines is 1. The molecule has 0 saturated heterocycles. The summed E-state index contributed by atoms with van der Waals surface area (Å²) in [6.45, 7) is 0. The zero-order valence-electron chi connectivity index (χ0n) is 17.0. The summed E-state index contributed by atoms with van der Waals surface area (Å²) < 4.78 is 30.2. The maximum atomic E-state index is 12.5. The van der Waals surface area contributed by atoms with Crippen molar-refractivity contribution < 1.29 is 17.7 Å². The second kappa shape index (κ2) is 9.52. The van der Waals surface area contributed by atoms with Gasteiger partial charge in [0.05, 0.1) is 17.1 Å². The number of benzene rings is 2. The lowest BCUT2D eigenvalue weighted by Crippen LogP contribution is -2.18. The van der Waals surface area contributed by atoms with E-state index in [4.69, 9.17) is 4.52 Å². The maximum Gasteiger partial charge on any atom is 0.231 e. The Labute approximate surface area is 185 Å². The molecule has 0 spiro atoms. The normalized spacial score (nSPS) is 11.2. The number of aromatic nitrogens is 3. The summed E-state index contributed by atoms with van der Waals surface area (Å²) in [5.41, 5.74) is 2.13. The first-order chi connectivity index (χ1) is 15.5. The highest BCUT2D eigenvalue weighted by molar-refractivity contribution is 7.91. The summed E-state index contributed by atoms with van der Waals surface area (Å²) in [5, 5.41) is 6.78. The number of rotatable bonds is 8. The molecule has 9 heteroatoms. The Morgan fingerprint density at radius 2 is 1.66 bits per heavy atom. The third-order valence-corrected chi connectivity index (χ3v) is 6.47. The number of amides is 1. The standard InChI is InChI=1S/C23H20N4O4S/c28-21(12-15-32(29,30)19-7-2-1-3-8-19)25-20-9-5-4-6-18(20)16-22-26-23(27-31-22)17-10-13-24-14-11-17/h1-11,13-14H,12,15-16H2,(H,25,28). The molecular weight excluding hydrogens is 428 g/mol. The Morgan fingerprint density at radius 1 is 0.938 bits per heavy atom. The largest absolute Gasteiger partial charge is 0.339 e. The average Bonchev–Trinajstić information content (AvgIpc) is 3.29. The van der Waals surface area contributed by atoms with Crippen molar-refractivity contribution in [3.05, 3.63) is 90.6 Å². The molecule has 8 nitrogen and oxygen atoms in total. The molecule has 0 aliphatic heterocycles. The van der Waals surface area contributed by atoms with Crippen LogP contribution in [0.5, 0.6) is 0 Å². The molecule has 0 radical (unpaired) electrons. The minimum atomic E-state index is -3.53. The molecule has 0 aliphatic carbocycles. The summed E-state index contributed by atoms with van der Waals surface area (Å²) in [7, 11) is -3.53. The molecule has 0 atom stereocenters. The summed E-state index contributed by atoms with van der Waals surface area (Å²) in [6.07, 6.45) is 3.46. The van der Waals surface area contributed by atoms with E-state index < -0.39 is 9.84 Å². The Hall–Kier alpha value is -3.85. The minimum Gasteiger partial charge on any atom is -0.339 e. The predicted octanol–water partition coefficient (Wildman–Crippen LogP) is 3.52. The van der Waals surface area contributed by atoms with Crippen molar-refractivity contribution in [2.45, 2.75) is 17.7 Å². The predicted molar refractivity (Wildman–Crippen MR) is 119 cm³/mol. The number of nitrogens with one attached hydrogen (secondary N) is 1. The molecule has 32 heavy (non-hydrogen) atoms. The van der Waals surface area contributed by atoms with Crippen LogP contribution in [0.15, 0.2) is 88.5 Å². The summed E-state index contributed by atoms with van der Waals surface area (Å²) >= 11 is 0. The first-order valence-electron chi connectivity index (χ1n) is 9.90. The van der Waals surface area contributed by atoms with Crippen LogP contribution in [-0.2, 0) is 21.1 Å². The van der Waals surface area contributed by atoms with Crippen molar-refractivity contribution in [3.8, 4) is 11.4 Å². The van der Waals surface area contributed by atoms with E-state index in [9.17, 15) is 13.2 Å². The number of sulfone groups is 1. The summed E-state index contributed by atoms with van der Waals surface area (Å²) in [6, 6.07) is 18.9. The number of carbonyl (C=O) groups excluding carboxylic acids is 1. The van der Waals surface area contributed by atoms with Crippen molar-refractivity contribution in [1.82, 2.24) is 15.1 Å². The zero-order chi connectivity index (χ0) is 22.4. The Morgan fingerprint density at radius 3 is 2.44 bits per heavy atom. The highest BCUT2D eigenvalue weighted by Crippen LogP contribution is 2.21. The average molecular weight is 449 g/mol. The van der Waals surface area contributed by atoms with Crippen LogP contribution in [0, 0.1) is 0 Å². The van der Waals surface area contributed by atoms with Crippen LogP contribution >= 0.6 is 0 Å². The quantitative estimate of drug-likeness (QED) is 0.438. The van der Waals surface area contributed by atoms with Crippen LogP contribution in [0.4, 0.5) is 5.69 Å². The van der Waals surface area contributed by atoms with E-state index in [0.29, 0.717) is 23.8 Å². The van der Waals surface area contributed by atoms with Crippen LogP contribution in [0.25, 0.3) is 11.4 Å². The third-order valence-electron chi connectivity index (χ3n) is 4.74. The first kappa shape index (κ1) is 21.4. The SMILES string of the molecule is O=C(CCS(=O)(=O)c1ccccc1)Nc1ccccc1Cc1nc(-c2ccncc2)no1. The Kier molecular flexibility index (Phi) is 6.37. The van der Waals surface area contributed by atoms with Crippen molar-refractivity contribution in [3.63, 3.8) is 0 Å². The van der Waals surface area contributed by atoms with Gasteiger partial charge in [0.1, 0.15) is 0 Å². The minimum absolute atomic E-state index is 0.154. The molecule has 1 amide bonds. The van der Waals surface area contributed by atoms with Gasteiger partial charge >= 0.3 is 0 Å². The smallest absolute Gasteiger partial charge is 0.231 e. The van der Waals surface area contributed by atoms with Gasteiger partial charge in [-0.15, -0.1) is 0 Å². The van der Waals surface area contributed by atoms with Gasteiger partial charge in [-0.1, -0.05) is 41.6 Å². The lowest BCUT2D eigenvalue weighted by atomic mass is 10.1. The molecule has 162 valence electrons. The van der Waals surface area contributed by atoms with Crippen LogP contribution in [0.1, 0.15) is 17.9 Å². The molecule has 4 rings (SSSR count). The zero-order valence-corrected chi connectivity index (χ0v) is 17.8. The van der Waals surface area contributed by atoms with Gasteiger partial charge in [0.15, 0.2) is 9.84 Å². The van der Waals surface area contributed by atoms with E-state index >= 15 is 0 Å². The topological polar surface area (TPSA) is 115 Å². The van der Waals surface area contributed by atoms with Crippen molar-refractivity contribution in [2.24, 2.45) is 0 Å². The van der Waals surface area contributed by atoms with Gasteiger partial charge in [0.25, 0.3) is 0 Å². The van der Waals surface area contributed by atoms with Crippen molar-refractivity contribution in [1.29, 1.82) is 0 Å². The van der Waals surface area contributed by atoms with E-state index in [0.717, 1.165) is 11.1 Å². The molecule has 2 aromatic heterocycles. The lowest BCUT2D eigenvalue weighted by Gasteiger charge is -2.10. The molecule has 2 heterocycles. The maximum absolute atomic E-state index is 12.5. The fourth-order valence-corrected chi connectivity index (χ4v) is 4.35. The molecule has 4 aromatic rings. The third kappa shape index (κ3) is 5.25. The molecular formula is C23H20N4O4S. The monoisotopic (exact) mass is 448 g/mol. The highest BCUT2D eigenvalue weighted by atomic mass is 32.2. The van der Waals surface area contributed by atoms with Crippen LogP contribution in [-0.4, -0.2) is 35.2 Å². The Bertz CT molecular complexity index is 1310. The fraction of sp³-hybridized carbons (Fsp3) is 0.130. The molecule has 0 saturated carbocycles. The number of hydrogen-bond donors (Lipinski definition) is 1. The summed E-state index contributed by atoms with van der Waals surface area (Å²) in [5.74, 6) is 0.185. The number of hydrogen-bond acceptors (Lipinski definition) is 7. The van der Waals surface area contributed by atoms with Gasteiger partial charge in [0, 0.05) is 30.1 Å². The van der Waals surface area contributed by atoms with E-state index in [-0.39, 0.29) is 23.0 Å². The molecule has 0 unspecified atom stereocenters. The molecule has 0 aliphatic rings. The van der Waals surface area contributed by atoms with Gasteiger partial charge < -0.3 is 9.84 Å². The van der Waals surface area contributed by atoms with E-state index in [1.165, 1.54) is 12.1 Å². The van der Waals surface area contributed by atoms with Gasteiger partial charge in [-0.05, 0) is 35.9 Å². The first-order valence-corrected chi connectivity index (χ1v) is 11.5. The molecule has 0 fully saturated rings.